The fourth-order valence-corrected chi connectivity index (χ4v) is 2.92. The Morgan fingerprint density at radius 2 is 0.423 bits per heavy atom. The molecule has 0 amide bonds. The molecule has 0 radical (unpaired) electrons. The van der Waals surface area contributed by atoms with Gasteiger partial charge in [-0.25, -0.2) is 0 Å². The number of rotatable bonds is 20. The first-order chi connectivity index (χ1) is 22.3. The monoisotopic (exact) mass is 952 g/mol. The summed E-state index contributed by atoms with van der Waals surface area (Å²) in [5.74, 6) is 0. The van der Waals surface area contributed by atoms with Crippen LogP contribution in [-0.4, -0.2) is 148 Å². The fraction of sp³-hybridized carbons (Fsp3) is 1.00. The van der Waals surface area contributed by atoms with E-state index in [0.717, 1.165) is 0 Å². The van der Waals surface area contributed by atoms with Crippen molar-refractivity contribution in [2.75, 3.05) is 66.1 Å². The molecule has 5 atom stereocenters. The third-order valence-corrected chi connectivity index (χ3v) is 5.51. The molecule has 5 unspecified atom stereocenters. The smallest absolute Gasteiger partial charge is 0.790 e. The number of phosphoric ester groups is 5. The molecule has 0 saturated carbocycles. The number of aliphatic hydroxyl groups excluding tert-OH is 10. The average Bonchev–Trinajstić information content (AvgIpc) is 2.98. The quantitative estimate of drug-likeness (QED) is 0.0507. The predicted octanol–water partition coefficient (Wildman–Crippen LogP) is -14.1. The van der Waals surface area contributed by atoms with E-state index in [-0.39, 0.29) is 37.1 Å². The van der Waals surface area contributed by atoms with Gasteiger partial charge in [0.25, 0.3) is 0 Å². The van der Waals surface area contributed by atoms with Gasteiger partial charge in [-0.05, 0) is 0 Å². The van der Waals surface area contributed by atoms with Gasteiger partial charge in [-0.3, -0.25) is 0 Å². The second kappa shape index (κ2) is 36.6. The SMILES string of the molecule is O=P([O-])([O-])OCC(O)CO.O=P([O-])([O-])OCC(O)CO.O=P([O-])([O-])OCC(O)CO.O=P([O-])([O-])OCC(O)CO.O=P([O-])([O-])OCC(O)CO.[V+5].[V+5]. The van der Waals surface area contributed by atoms with Crippen LogP contribution >= 0.6 is 39.1 Å². The van der Waals surface area contributed by atoms with Gasteiger partial charge in [0.1, 0.15) is 30.5 Å². The van der Waals surface area contributed by atoms with Crippen LogP contribution in [0.25, 0.3) is 0 Å². The second-order valence-electron chi connectivity index (χ2n) is 7.90. The summed E-state index contributed by atoms with van der Waals surface area (Å²) in [5, 5.41) is 82.8. The minimum Gasteiger partial charge on any atom is -0.790 e. The van der Waals surface area contributed by atoms with Crippen molar-refractivity contribution in [3.8, 4) is 0 Å². The van der Waals surface area contributed by atoms with Crippen LogP contribution in [0.5, 0.6) is 0 Å². The Balaban J connectivity index is -0.0000000964. The standard InChI is InChI=1S/5C3H9O6P.2V/c5*4-1-3(5)2-9-10(6,7)8;;/h5*3-5H,1-2H2,(H2,6,7,8);;/q;;;;;2*+5/p-10. The van der Waals surface area contributed by atoms with Crippen molar-refractivity contribution >= 4 is 39.1 Å². The Morgan fingerprint density at radius 3 is 0.481 bits per heavy atom. The molecule has 0 aliphatic rings. The Labute approximate surface area is 317 Å². The van der Waals surface area contributed by atoms with Crippen molar-refractivity contribution in [2.45, 2.75) is 30.5 Å². The van der Waals surface area contributed by atoms with Gasteiger partial charge < -0.3 is 145 Å². The van der Waals surface area contributed by atoms with Gasteiger partial charge in [-0.1, -0.05) is 0 Å². The molecular weight excluding hydrogens is 917 g/mol. The van der Waals surface area contributed by atoms with E-state index >= 15 is 0 Å². The van der Waals surface area contributed by atoms with E-state index in [0.29, 0.717) is 0 Å². The van der Waals surface area contributed by atoms with E-state index < -0.39 is 136 Å². The Kier molecular flexibility index (Phi) is 47.9. The van der Waals surface area contributed by atoms with E-state index in [4.69, 9.17) is 51.1 Å². The summed E-state index contributed by atoms with van der Waals surface area (Å²) >= 11 is 0. The molecule has 0 aliphatic heterocycles. The molecule has 0 aliphatic carbocycles. The van der Waals surface area contributed by atoms with Gasteiger partial charge in [-0.2, -0.15) is 0 Å². The van der Waals surface area contributed by atoms with Crippen molar-refractivity contribution in [2.24, 2.45) is 0 Å². The zero-order chi connectivity index (χ0) is 41.0. The van der Waals surface area contributed by atoms with Gasteiger partial charge in [0.05, 0.1) is 105 Å². The largest absolute Gasteiger partial charge is 5.00 e. The molecule has 310 valence electrons. The third kappa shape index (κ3) is 76.1. The Morgan fingerprint density at radius 1 is 0.327 bits per heavy atom. The van der Waals surface area contributed by atoms with Gasteiger partial charge >= 0.3 is 37.1 Å². The number of hydrogen-bond acceptors (Lipinski definition) is 30. The molecule has 0 heterocycles. The van der Waals surface area contributed by atoms with Crippen LogP contribution in [0, 0.1) is 0 Å². The molecular formula is C15H35O30P5V2. The number of hydrogen-bond donors (Lipinski definition) is 10. The number of phosphoric acid groups is 5. The van der Waals surface area contributed by atoms with Crippen LogP contribution in [0.3, 0.4) is 0 Å². The molecule has 0 aromatic heterocycles. The summed E-state index contributed by atoms with van der Waals surface area (Å²) < 4.78 is 66.6. The normalized spacial score (nSPS) is 14.6. The van der Waals surface area contributed by atoms with Crippen molar-refractivity contribution in [1.82, 2.24) is 0 Å². The van der Waals surface area contributed by atoms with Crippen LogP contribution in [0.2, 0.25) is 0 Å². The molecule has 0 spiro atoms. The number of aliphatic hydroxyl groups is 10. The van der Waals surface area contributed by atoms with Gasteiger partial charge in [-0.15, -0.1) is 0 Å². The van der Waals surface area contributed by atoms with E-state index in [1.165, 1.54) is 0 Å². The molecule has 37 heteroatoms. The molecule has 0 bridgehead atoms. The third-order valence-electron chi connectivity index (χ3n) is 3.18. The molecule has 0 aromatic rings. The van der Waals surface area contributed by atoms with Crippen molar-refractivity contribution in [3.63, 3.8) is 0 Å². The first-order valence-electron chi connectivity index (χ1n) is 12.0. The molecule has 30 nitrogen and oxygen atoms in total. The Hall–Kier alpha value is 1.32. The van der Waals surface area contributed by atoms with E-state index in [1.807, 2.05) is 0 Å². The first kappa shape index (κ1) is 68.0. The fourth-order valence-electron chi connectivity index (χ4n) is 1.15. The Bertz CT molecular complexity index is 843. The molecule has 52 heavy (non-hydrogen) atoms. The maximum Gasteiger partial charge on any atom is 5.00 e. The minimum absolute atomic E-state index is 0. The van der Waals surface area contributed by atoms with Crippen LogP contribution in [-0.2, 0) is 82.6 Å². The zero-order valence-corrected chi connectivity index (χ0v) is 33.0. The van der Waals surface area contributed by atoms with Crippen LogP contribution in [0.4, 0.5) is 0 Å². The van der Waals surface area contributed by atoms with Crippen LogP contribution < -0.4 is 48.9 Å². The van der Waals surface area contributed by atoms with Gasteiger partial charge in [0.15, 0.2) is 0 Å². The minimum atomic E-state index is -5.00. The summed E-state index contributed by atoms with van der Waals surface area (Å²) in [6.45, 7) is -6.66. The van der Waals surface area contributed by atoms with Crippen LogP contribution in [0.1, 0.15) is 0 Å². The molecule has 0 aromatic carbocycles. The van der Waals surface area contributed by atoms with E-state index in [2.05, 4.69) is 22.6 Å². The summed E-state index contributed by atoms with van der Waals surface area (Å²) in [7, 11) is -25.0. The summed E-state index contributed by atoms with van der Waals surface area (Å²) in [6.07, 6.45) is -6.61. The summed E-state index contributed by atoms with van der Waals surface area (Å²) in [6, 6.07) is 0. The van der Waals surface area contributed by atoms with Gasteiger partial charge in [0.2, 0.25) is 0 Å². The van der Waals surface area contributed by atoms with E-state index in [9.17, 15) is 71.8 Å². The first-order valence-corrected chi connectivity index (χ1v) is 19.4. The van der Waals surface area contributed by atoms with Crippen molar-refractivity contribution in [3.05, 3.63) is 0 Å². The molecule has 0 rings (SSSR count). The molecule has 0 saturated heterocycles. The maximum absolute atomic E-state index is 9.71. The predicted molar refractivity (Wildman–Crippen MR) is 133 cm³/mol. The van der Waals surface area contributed by atoms with Crippen molar-refractivity contribution < 1.29 is 183 Å². The zero-order valence-electron chi connectivity index (χ0n) is 25.7. The average molecular weight is 952 g/mol. The van der Waals surface area contributed by atoms with Crippen molar-refractivity contribution in [1.29, 1.82) is 0 Å². The topological polar surface area (TPSA) is 564 Å². The maximum atomic E-state index is 9.71. The molecule has 0 fully saturated rings. The van der Waals surface area contributed by atoms with Gasteiger partial charge in [0, 0.05) is 0 Å². The summed E-state index contributed by atoms with van der Waals surface area (Å²) in [4.78, 5) is 97.1. The molecule has 10 N–H and O–H groups in total. The van der Waals surface area contributed by atoms with E-state index in [1.54, 1.807) is 0 Å². The van der Waals surface area contributed by atoms with Crippen LogP contribution in [0.15, 0.2) is 0 Å². The summed E-state index contributed by atoms with van der Waals surface area (Å²) in [5.41, 5.74) is 0. The second-order valence-corrected chi connectivity index (χ2v) is 13.7.